The Hall–Kier alpha value is -2.91. The zero-order chi connectivity index (χ0) is 21.0. The van der Waals surface area contributed by atoms with E-state index in [9.17, 15) is 18.3 Å². The molecule has 3 rings (SSSR count). The van der Waals surface area contributed by atoms with Crippen LogP contribution in [-0.4, -0.2) is 38.4 Å². The lowest BCUT2D eigenvalue weighted by Crippen LogP contribution is -2.39. The minimum atomic E-state index is -3.70. The average molecular weight is 476 g/mol. The summed E-state index contributed by atoms with van der Waals surface area (Å²) in [6, 6.07) is 17.5. The van der Waals surface area contributed by atoms with Crippen LogP contribution in [0, 0.1) is 0 Å². The molecule has 3 aromatic rings. The number of nitrogens with zero attached hydrogens (tertiary/aromatic N) is 2. The van der Waals surface area contributed by atoms with E-state index >= 15 is 0 Å². The molecule has 0 heterocycles. The fourth-order valence-electron chi connectivity index (χ4n) is 2.79. The largest absolute Gasteiger partial charge is 0.507 e. The maximum atomic E-state index is 12.3. The zero-order valence-corrected chi connectivity index (χ0v) is 17.8. The van der Waals surface area contributed by atoms with Gasteiger partial charge in [-0.1, -0.05) is 42.5 Å². The summed E-state index contributed by atoms with van der Waals surface area (Å²) in [5.41, 5.74) is 3.11. The Morgan fingerprint density at radius 3 is 2.55 bits per heavy atom. The van der Waals surface area contributed by atoms with Gasteiger partial charge in [0, 0.05) is 10.0 Å². The quantitative estimate of drug-likeness (QED) is 0.422. The Kier molecular flexibility index (Phi) is 6.19. The molecule has 0 spiro atoms. The van der Waals surface area contributed by atoms with E-state index in [1.165, 1.54) is 6.21 Å². The number of carbonyl (C=O) groups is 1. The van der Waals surface area contributed by atoms with E-state index in [-0.39, 0.29) is 5.75 Å². The number of sulfonamides is 1. The van der Waals surface area contributed by atoms with Gasteiger partial charge >= 0.3 is 0 Å². The third-order valence-electron chi connectivity index (χ3n) is 4.14. The van der Waals surface area contributed by atoms with Crippen molar-refractivity contribution in [1.82, 2.24) is 5.43 Å². The Morgan fingerprint density at radius 2 is 1.83 bits per heavy atom. The highest BCUT2D eigenvalue weighted by Crippen LogP contribution is 2.27. The average Bonchev–Trinajstić information content (AvgIpc) is 2.68. The number of hydrazone groups is 1. The van der Waals surface area contributed by atoms with E-state index in [1.54, 1.807) is 36.4 Å². The van der Waals surface area contributed by atoms with Gasteiger partial charge in [0.05, 0.1) is 18.2 Å². The topological polar surface area (TPSA) is 99.1 Å². The van der Waals surface area contributed by atoms with E-state index in [0.717, 1.165) is 21.3 Å². The summed E-state index contributed by atoms with van der Waals surface area (Å²) in [4.78, 5) is 12.3. The molecule has 0 fully saturated rings. The van der Waals surface area contributed by atoms with Crippen molar-refractivity contribution >= 4 is 54.5 Å². The third kappa shape index (κ3) is 4.93. The van der Waals surface area contributed by atoms with Crippen LogP contribution < -0.4 is 9.73 Å². The Bertz CT molecular complexity index is 1200. The van der Waals surface area contributed by atoms with Crippen LogP contribution in [0.2, 0.25) is 0 Å². The van der Waals surface area contributed by atoms with Crippen molar-refractivity contribution in [2.24, 2.45) is 5.10 Å². The highest BCUT2D eigenvalue weighted by Gasteiger charge is 2.22. The Balaban J connectivity index is 1.79. The first-order valence-electron chi connectivity index (χ1n) is 8.52. The van der Waals surface area contributed by atoms with Gasteiger partial charge < -0.3 is 5.11 Å². The molecule has 0 aliphatic rings. The van der Waals surface area contributed by atoms with Crippen LogP contribution >= 0.6 is 15.9 Å². The second kappa shape index (κ2) is 8.62. The summed E-state index contributed by atoms with van der Waals surface area (Å²) in [5.74, 6) is -0.602. The van der Waals surface area contributed by atoms with Crippen LogP contribution in [0.15, 0.2) is 70.2 Å². The lowest BCUT2D eigenvalue weighted by molar-refractivity contribution is -0.119. The highest BCUT2D eigenvalue weighted by molar-refractivity contribution is 9.10. The van der Waals surface area contributed by atoms with Crippen molar-refractivity contribution < 1.29 is 18.3 Å². The third-order valence-corrected chi connectivity index (χ3v) is 5.94. The normalized spacial score (nSPS) is 11.7. The molecule has 0 aliphatic carbocycles. The Morgan fingerprint density at radius 1 is 1.14 bits per heavy atom. The molecule has 7 nitrogen and oxygen atoms in total. The lowest BCUT2D eigenvalue weighted by Gasteiger charge is -2.22. The molecule has 0 aliphatic heterocycles. The summed E-state index contributed by atoms with van der Waals surface area (Å²) in [6.07, 6.45) is 2.36. The summed E-state index contributed by atoms with van der Waals surface area (Å²) in [6.45, 7) is -0.444. The summed E-state index contributed by atoms with van der Waals surface area (Å²) < 4.78 is 25.8. The molecule has 9 heteroatoms. The molecule has 2 N–H and O–H groups in total. The molecular weight excluding hydrogens is 458 g/mol. The van der Waals surface area contributed by atoms with Gasteiger partial charge in [-0.25, -0.2) is 13.8 Å². The first kappa shape index (κ1) is 20.8. The number of hydrogen-bond donors (Lipinski definition) is 2. The number of phenolic OH excluding ortho intramolecular Hbond substituents is 1. The molecule has 1 amide bonds. The van der Waals surface area contributed by atoms with E-state index < -0.39 is 22.5 Å². The summed E-state index contributed by atoms with van der Waals surface area (Å²) >= 11 is 3.30. The number of carbonyl (C=O) groups excluding carboxylic acids is 1. The van der Waals surface area contributed by atoms with Gasteiger partial charge in [0.15, 0.2) is 0 Å². The minimum absolute atomic E-state index is 0.0210. The van der Waals surface area contributed by atoms with Crippen LogP contribution in [0.3, 0.4) is 0 Å². The van der Waals surface area contributed by atoms with Crippen molar-refractivity contribution in [3.05, 3.63) is 70.7 Å². The van der Waals surface area contributed by atoms with Crippen molar-refractivity contribution in [3.8, 4) is 5.75 Å². The molecule has 0 bridgehead atoms. The van der Waals surface area contributed by atoms with Crippen molar-refractivity contribution in [1.29, 1.82) is 0 Å². The number of benzene rings is 3. The smallest absolute Gasteiger partial charge is 0.260 e. The summed E-state index contributed by atoms with van der Waals surface area (Å²) in [7, 11) is -3.70. The van der Waals surface area contributed by atoms with Gasteiger partial charge in [0.2, 0.25) is 10.0 Å². The molecule has 0 aromatic heterocycles. The second-order valence-electron chi connectivity index (χ2n) is 6.23. The maximum Gasteiger partial charge on any atom is 0.260 e. The number of anilines is 1. The number of halogens is 1. The number of hydrogen-bond acceptors (Lipinski definition) is 5. The SMILES string of the molecule is CS(=O)(=O)N(CC(=O)N/N=C/c1c(O)ccc2ccccc12)c1ccccc1Br. The van der Waals surface area contributed by atoms with Crippen LogP contribution in [0.4, 0.5) is 5.69 Å². The first-order chi connectivity index (χ1) is 13.8. The minimum Gasteiger partial charge on any atom is -0.507 e. The molecule has 3 aromatic carbocycles. The molecule has 29 heavy (non-hydrogen) atoms. The van der Waals surface area contributed by atoms with Crippen molar-refractivity contribution in [3.63, 3.8) is 0 Å². The van der Waals surface area contributed by atoms with Crippen molar-refractivity contribution in [2.45, 2.75) is 0 Å². The molecule has 0 radical (unpaired) electrons. The molecular formula is C20H18BrN3O4S. The monoisotopic (exact) mass is 475 g/mol. The first-order valence-corrected chi connectivity index (χ1v) is 11.2. The van der Waals surface area contributed by atoms with E-state index in [1.807, 2.05) is 24.3 Å². The predicted octanol–water partition coefficient (Wildman–Crippen LogP) is 3.22. The van der Waals surface area contributed by atoms with Crippen LogP contribution in [0.25, 0.3) is 10.8 Å². The highest BCUT2D eigenvalue weighted by atomic mass is 79.9. The molecule has 0 saturated carbocycles. The number of rotatable bonds is 6. The van der Waals surface area contributed by atoms with Crippen LogP contribution in [0.5, 0.6) is 5.75 Å². The maximum absolute atomic E-state index is 12.3. The number of aromatic hydroxyl groups is 1. The van der Waals surface area contributed by atoms with Crippen LogP contribution in [0.1, 0.15) is 5.56 Å². The number of phenols is 1. The predicted molar refractivity (Wildman–Crippen MR) is 118 cm³/mol. The van der Waals surface area contributed by atoms with E-state index in [2.05, 4.69) is 26.5 Å². The number of nitrogens with one attached hydrogen (secondary N) is 1. The standard InChI is InChI=1S/C20H18BrN3O4S/c1-29(27,28)24(18-9-5-4-8-17(18)21)13-20(26)23-22-12-16-15-7-3-2-6-14(15)10-11-19(16)25/h2-12,25H,13H2,1H3,(H,23,26)/b22-12+. The van der Waals surface area contributed by atoms with E-state index in [0.29, 0.717) is 15.7 Å². The fourth-order valence-corrected chi connectivity index (χ4v) is 4.27. The number of fused-ring (bicyclic) bond motifs is 1. The zero-order valence-electron chi connectivity index (χ0n) is 15.4. The van der Waals surface area contributed by atoms with Gasteiger partial charge in [0.25, 0.3) is 5.91 Å². The second-order valence-corrected chi connectivity index (χ2v) is 8.99. The summed E-state index contributed by atoms with van der Waals surface area (Å²) in [5, 5.41) is 15.7. The van der Waals surface area contributed by atoms with Gasteiger partial charge in [0.1, 0.15) is 12.3 Å². The number of amides is 1. The molecule has 150 valence electrons. The van der Waals surface area contributed by atoms with Gasteiger partial charge in [-0.2, -0.15) is 5.10 Å². The van der Waals surface area contributed by atoms with Gasteiger partial charge in [-0.05, 0) is 44.9 Å². The van der Waals surface area contributed by atoms with Crippen LogP contribution in [-0.2, 0) is 14.8 Å². The molecule has 0 atom stereocenters. The number of para-hydroxylation sites is 1. The van der Waals surface area contributed by atoms with Gasteiger partial charge in [-0.3, -0.25) is 9.10 Å². The lowest BCUT2D eigenvalue weighted by atomic mass is 10.0. The molecule has 0 unspecified atom stereocenters. The fraction of sp³-hybridized carbons (Fsp3) is 0.100. The Labute approximate surface area is 176 Å². The van der Waals surface area contributed by atoms with E-state index in [4.69, 9.17) is 0 Å². The van der Waals surface area contributed by atoms with Crippen molar-refractivity contribution in [2.75, 3.05) is 17.1 Å². The molecule has 0 saturated heterocycles. The van der Waals surface area contributed by atoms with Gasteiger partial charge in [-0.15, -0.1) is 0 Å².